The number of rotatable bonds is 3. The highest BCUT2D eigenvalue weighted by Gasteiger charge is 2.42. The lowest BCUT2D eigenvalue weighted by Gasteiger charge is -2.41. The maximum Gasteiger partial charge on any atom is 0.323 e. The molecule has 0 bridgehead atoms. The van der Waals surface area contributed by atoms with Crippen LogP contribution in [0.5, 0.6) is 0 Å². The van der Waals surface area contributed by atoms with E-state index in [1.807, 2.05) is 0 Å². The van der Waals surface area contributed by atoms with E-state index in [9.17, 15) is 9.59 Å². The summed E-state index contributed by atoms with van der Waals surface area (Å²) in [6.45, 7) is 0.564. The van der Waals surface area contributed by atoms with Crippen molar-refractivity contribution >= 4 is 17.0 Å². The quantitative estimate of drug-likeness (QED) is 0.753. The Kier molecular flexibility index (Phi) is 2.27. The van der Waals surface area contributed by atoms with E-state index in [4.69, 9.17) is 9.84 Å². The third kappa shape index (κ3) is 1.62. The second-order valence-electron chi connectivity index (χ2n) is 4.50. The molecule has 94 valence electrons. The van der Waals surface area contributed by atoms with Crippen LogP contribution in [-0.2, 0) is 15.1 Å². The normalized spacial score (nSPS) is 22.9. The first kappa shape index (κ1) is 11.0. The Morgan fingerprint density at radius 1 is 1.39 bits per heavy atom. The van der Waals surface area contributed by atoms with E-state index in [0.29, 0.717) is 24.1 Å². The first-order chi connectivity index (χ1) is 8.59. The summed E-state index contributed by atoms with van der Waals surface area (Å²) >= 11 is 0. The number of imidazole rings is 1. The largest absolute Gasteiger partial charge is 0.481 e. The third-order valence-corrected chi connectivity index (χ3v) is 3.36. The third-order valence-electron chi connectivity index (χ3n) is 3.36. The number of ether oxygens (including phenoxy) is 1. The fourth-order valence-electron chi connectivity index (χ4n) is 2.38. The molecule has 0 amide bonds. The Labute approximate surface area is 102 Å². The Bertz CT molecular complexity index is 666. The van der Waals surface area contributed by atoms with E-state index < -0.39 is 11.6 Å². The SMILES string of the molecule is O=C(O)CC1(c2ccc3[nH]c(=O)[nH]c3c2)CCO1. The van der Waals surface area contributed by atoms with Gasteiger partial charge in [0.25, 0.3) is 0 Å². The Morgan fingerprint density at radius 3 is 2.72 bits per heavy atom. The molecule has 1 unspecified atom stereocenters. The molecule has 1 aromatic carbocycles. The van der Waals surface area contributed by atoms with Gasteiger partial charge in [-0.2, -0.15) is 0 Å². The molecule has 0 spiro atoms. The van der Waals surface area contributed by atoms with E-state index in [1.54, 1.807) is 18.2 Å². The van der Waals surface area contributed by atoms with Crippen molar-refractivity contribution in [3.8, 4) is 0 Å². The fraction of sp³-hybridized carbons (Fsp3) is 0.333. The Morgan fingerprint density at radius 2 is 2.11 bits per heavy atom. The summed E-state index contributed by atoms with van der Waals surface area (Å²) < 4.78 is 5.49. The van der Waals surface area contributed by atoms with E-state index in [2.05, 4.69) is 9.97 Å². The summed E-state index contributed by atoms with van der Waals surface area (Å²) in [5.41, 5.74) is 1.14. The van der Waals surface area contributed by atoms with Crippen molar-refractivity contribution in [2.24, 2.45) is 0 Å². The number of carbonyl (C=O) groups is 1. The summed E-state index contributed by atoms with van der Waals surface area (Å²) in [6.07, 6.45) is 0.618. The molecule has 0 saturated carbocycles. The maximum atomic E-state index is 11.2. The van der Waals surface area contributed by atoms with E-state index in [-0.39, 0.29) is 12.1 Å². The molecule has 1 atom stereocenters. The monoisotopic (exact) mass is 248 g/mol. The molecule has 1 fully saturated rings. The fourth-order valence-corrected chi connectivity index (χ4v) is 2.38. The summed E-state index contributed by atoms with van der Waals surface area (Å²) in [5.74, 6) is -0.891. The molecule has 1 aromatic heterocycles. The zero-order chi connectivity index (χ0) is 12.8. The van der Waals surface area contributed by atoms with Gasteiger partial charge < -0.3 is 19.8 Å². The van der Waals surface area contributed by atoms with Crippen molar-refractivity contribution in [2.75, 3.05) is 6.61 Å². The molecular weight excluding hydrogens is 236 g/mol. The van der Waals surface area contributed by atoms with Crippen LogP contribution in [0.15, 0.2) is 23.0 Å². The van der Waals surface area contributed by atoms with Gasteiger partial charge in [-0.15, -0.1) is 0 Å². The van der Waals surface area contributed by atoms with Crippen molar-refractivity contribution in [3.05, 3.63) is 34.2 Å². The summed E-state index contributed by atoms with van der Waals surface area (Å²) in [7, 11) is 0. The molecule has 18 heavy (non-hydrogen) atoms. The van der Waals surface area contributed by atoms with Gasteiger partial charge in [0.15, 0.2) is 0 Å². The highest BCUT2D eigenvalue weighted by Crippen LogP contribution is 2.41. The number of aromatic amines is 2. The van der Waals surface area contributed by atoms with Gasteiger partial charge in [-0.1, -0.05) is 6.07 Å². The predicted molar refractivity (Wildman–Crippen MR) is 63.4 cm³/mol. The van der Waals surface area contributed by atoms with Crippen molar-refractivity contribution in [2.45, 2.75) is 18.4 Å². The molecule has 6 heteroatoms. The summed E-state index contributed by atoms with van der Waals surface area (Å²) in [6, 6.07) is 5.33. The minimum absolute atomic E-state index is 0.0623. The van der Waals surface area contributed by atoms with Crippen molar-refractivity contribution < 1.29 is 14.6 Å². The lowest BCUT2D eigenvalue weighted by molar-refractivity contribution is -0.176. The van der Waals surface area contributed by atoms with Crippen LogP contribution in [0.25, 0.3) is 11.0 Å². The summed E-state index contributed by atoms with van der Waals surface area (Å²) in [5, 5.41) is 8.95. The van der Waals surface area contributed by atoms with Gasteiger partial charge in [0, 0.05) is 6.42 Å². The molecule has 0 radical (unpaired) electrons. The van der Waals surface area contributed by atoms with Crippen molar-refractivity contribution in [3.63, 3.8) is 0 Å². The van der Waals surface area contributed by atoms with Gasteiger partial charge in [0.05, 0.1) is 24.1 Å². The van der Waals surface area contributed by atoms with Gasteiger partial charge in [0.1, 0.15) is 5.60 Å². The Hall–Kier alpha value is -2.08. The van der Waals surface area contributed by atoms with Gasteiger partial charge in [0.2, 0.25) is 0 Å². The molecule has 1 aliphatic rings. The first-order valence-electron chi connectivity index (χ1n) is 5.67. The topological polar surface area (TPSA) is 95.2 Å². The number of H-pyrrole nitrogens is 2. The van der Waals surface area contributed by atoms with Crippen molar-refractivity contribution in [1.29, 1.82) is 0 Å². The Balaban J connectivity index is 2.06. The minimum atomic E-state index is -0.891. The summed E-state index contributed by atoms with van der Waals surface area (Å²) in [4.78, 5) is 27.4. The van der Waals surface area contributed by atoms with Gasteiger partial charge in [-0.25, -0.2) is 4.79 Å². The average molecular weight is 248 g/mol. The van der Waals surface area contributed by atoms with Crippen LogP contribution in [0.2, 0.25) is 0 Å². The van der Waals surface area contributed by atoms with Crippen LogP contribution >= 0.6 is 0 Å². The van der Waals surface area contributed by atoms with Gasteiger partial charge >= 0.3 is 11.7 Å². The molecule has 1 aliphatic heterocycles. The van der Waals surface area contributed by atoms with Crippen LogP contribution in [0, 0.1) is 0 Å². The van der Waals surface area contributed by atoms with Gasteiger partial charge in [-0.05, 0) is 17.7 Å². The number of nitrogens with one attached hydrogen (secondary N) is 2. The molecule has 2 aromatic rings. The number of aliphatic carboxylic acids is 1. The van der Waals surface area contributed by atoms with Gasteiger partial charge in [-0.3, -0.25) is 4.79 Å². The average Bonchev–Trinajstić information content (AvgIpc) is 2.62. The number of carboxylic acid groups (broad SMARTS) is 1. The smallest absolute Gasteiger partial charge is 0.323 e. The molecule has 1 saturated heterocycles. The minimum Gasteiger partial charge on any atom is -0.481 e. The zero-order valence-electron chi connectivity index (χ0n) is 9.53. The molecule has 0 aliphatic carbocycles. The number of carboxylic acids is 1. The van der Waals surface area contributed by atoms with Crippen LogP contribution in [0.4, 0.5) is 0 Å². The van der Waals surface area contributed by atoms with E-state index in [1.165, 1.54) is 0 Å². The van der Waals surface area contributed by atoms with Crippen LogP contribution < -0.4 is 5.69 Å². The number of aromatic nitrogens is 2. The number of hydrogen-bond acceptors (Lipinski definition) is 3. The lowest BCUT2D eigenvalue weighted by Crippen LogP contribution is -2.42. The van der Waals surface area contributed by atoms with Crippen LogP contribution in [-0.4, -0.2) is 27.7 Å². The molecule has 6 nitrogen and oxygen atoms in total. The number of hydrogen-bond donors (Lipinski definition) is 3. The standard InChI is InChI=1S/C12H12N2O4/c15-10(16)6-12(3-4-18-12)7-1-2-8-9(5-7)14-11(17)13-8/h1-2,5H,3-4,6H2,(H,15,16)(H2,13,14,17). The van der Waals surface area contributed by atoms with Crippen LogP contribution in [0.3, 0.4) is 0 Å². The number of benzene rings is 1. The highest BCUT2D eigenvalue weighted by atomic mass is 16.5. The van der Waals surface area contributed by atoms with Crippen LogP contribution in [0.1, 0.15) is 18.4 Å². The van der Waals surface area contributed by atoms with Crippen molar-refractivity contribution in [1.82, 2.24) is 9.97 Å². The maximum absolute atomic E-state index is 11.2. The molecule has 2 heterocycles. The first-order valence-corrected chi connectivity index (χ1v) is 5.67. The molecule has 3 rings (SSSR count). The number of fused-ring (bicyclic) bond motifs is 1. The second kappa shape index (κ2) is 3.71. The molecule has 3 N–H and O–H groups in total. The highest BCUT2D eigenvalue weighted by molar-refractivity contribution is 5.76. The zero-order valence-corrected chi connectivity index (χ0v) is 9.53. The second-order valence-corrected chi connectivity index (χ2v) is 4.50. The molecular formula is C12H12N2O4. The lowest BCUT2D eigenvalue weighted by atomic mass is 9.83. The van der Waals surface area contributed by atoms with E-state index in [0.717, 1.165) is 5.56 Å². The van der Waals surface area contributed by atoms with E-state index >= 15 is 0 Å². The predicted octanol–water partition coefficient (Wildman–Crippen LogP) is 0.947.